The van der Waals surface area contributed by atoms with Crippen LogP contribution in [-0.4, -0.2) is 34.0 Å². The van der Waals surface area contributed by atoms with Crippen molar-refractivity contribution in [3.8, 4) is 5.69 Å². The van der Waals surface area contributed by atoms with Crippen LogP contribution in [0.4, 0.5) is 11.4 Å². The summed E-state index contributed by atoms with van der Waals surface area (Å²) in [5, 5.41) is 12.3. The van der Waals surface area contributed by atoms with Crippen LogP contribution in [0.5, 0.6) is 0 Å². The van der Waals surface area contributed by atoms with E-state index in [1.165, 1.54) is 11.3 Å². The Hall–Kier alpha value is -3.67. The van der Waals surface area contributed by atoms with Crippen molar-refractivity contribution in [3.05, 3.63) is 76.9 Å². The molecule has 0 unspecified atom stereocenters. The number of fused-ring (bicyclic) bond motifs is 1. The molecule has 0 aliphatic carbocycles. The van der Waals surface area contributed by atoms with Crippen LogP contribution in [0.15, 0.2) is 54.6 Å². The van der Waals surface area contributed by atoms with Crippen molar-refractivity contribution in [2.24, 2.45) is 0 Å². The first kappa shape index (κ1) is 21.6. The lowest BCUT2D eigenvalue weighted by atomic mass is 10.1. The predicted molar refractivity (Wildman–Crippen MR) is 131 cm³/mol. The topological polar surface area (TPSA) is 63.1 Å². The van der Waals surface area contributed by atoms with Crippen molar-refractivity contribution in [2.75, 3.05) is 23.3 Å². The molecular formula is C26H29N5O. The Morgan fingerprint density at radius 2 is 1.50 bits per heavy atom. The SMILES string of the molecule is CCN(CC)c1ccc(-n2nc3cc(C)c(NC(=O)c4ccc(C)c(C)c4)cc3n2)cc1. The monoisotopic (exact) mass is 427 g/mol. The van der Waals surface area contributed by atoms with Gasteiger partial charge in [-0.25, -0.2) is 0 Å². The highest BCUT2D eigenvalue weighted by Gasteiger charge is 2.13. The average Bonchev–Trinajstić information content (AvgIpc) is 3.19. The van der Waals surface area contributed by atoms with Gasteiger partial charge in [0.1, 0.15) is 11.0 Å². The van der Waals surface area contributed by atoms with E-state index >= 15 is 0 Å². The number of carbonyl (C=O) groups is 1. The zero-order valence-corrected chi connectivity index (χ0v) is 19.3. The molecule has 4 aromatic rings. The van der Waals surface area contributed by atoms with Crippen molar-refractivity contribution >= 4 is 28.3 Å². The molecule has 0 fully saturated rings. The summed E-state index contributed by atoms with van der Waals surface area (Å²) in [6.45, 7) is 12.3. The molecule has 0 radical (unpaired) electrons. The van der Waals surface area contributed by atoms with Crippen molar-refractivity contribution in [2.45, 2.75) is 34.6 Å². The molecule has 0 spiro atoms. The van der Waals surface area contributed by atoms with Gasteiger partial charge in [-0.3, -0.25) is 4.79 Å². The second-order valence-corrected chi connectivity index (χ2v) is 8.09. The van der Waals surface area contributed by atoms with Gasteiger partial charge in [0.2, 0.25) is 0 Å². The van der Waals surface area contributed by atoms with Gasteiger partial charge in [-0.2, -0.15) is 4.80 Å². The molecule has 4 rings (SSSR count). The second-order valence-electron chi connectivity index (χ2n) is 8.09. The number of rotatable bonds is 6. The molecule has 32 heavy (non-hydrogen) atoms. The van der Waals surface area contributed by atoms with Crippen molar-refractivity contribution < 1.29 is 4.79 Å². The van der Waals surface area contributed by atoms with Gasteiger partial charge >= 0.3 is 0 Å². The van der Waals surface area contributed by atoms with E-state index in [9.17, 15) is 4.79 Å². The maximum absolute atomic E-state index is 12.8. The van der Waals surface area contributed by atoms with Gasteiger partial charge in [0, 0.05) is 30.0 Å². The molecule has 0 aliphatic heterocycles. The summed E-state index contributed by atoms with van der Waals surface area (Å²) < 4.78 is 0. The van der Waals surface area contributed by atoms with Crippen LogP contribution < -0.4 is 10.2 Å². The summed E-state index contributed by atoms with van der Waals surface area (Å²) in [5.74, 6) is -0.130. The third kappa shape index (κ3) is 4.21. The number of aryl methyl sites for hydroxylation is 3. The van der Waals surface area contributed by atoms with Gasteiger partial charge in [-0.05, 0) is 99.8 Å². The van der Waals surface area contributed by atoms with Gasteiger partial charge in [-0.15, -0.1) is 10.2 Å². The Kier molecular flexibility index (Phi) is 5.95. The molecule has 0 atom stereocenters. The van der Waals surface area contributed by atoms with E-state index in [2.05, 4.69) is 46.4 Å². The highest BCUT2D eigenvalue weighted by Crippen LogP contribution is 2.24. The Balaban J connectivity index is 1.60. The summed E-state index contributed by atoms with van der Waals surface area (Å²) >= 11 is 0. The fraction of sp³-hybridized carbons (Fsp3) is 0.269. The molecular weight excluding hydrogens is 398 g/mol. The summed E-state index contributed by atoms with van der Waals surface area (Å²) in [5.41, 5.74) is 8.20. The van der Waals surface area contributed by atoms with Gasteiger partial charge in [0.15, 0.2) is 0 Å². The van der Waals surface area contributed by atoms with E-state index in [1.807, 2.05) is 63.2 Å². The first-order valence-corrected chi connectivity index (χ1v) is 11.0. The molecule has 1 amide bonds. The molecule has 164 valence electrons. The molecule has 1 N–H and O–H groups in total. The molecule has 1 heterocycles. The molecule has 6 nitrogen and oxygen atoms in total. The van der Waals surface area contributed by atoms with Gasteiger partial charge in [-0.1, -0.05) is 6.07 Å². The number of carbonyl (C=O) groups excluding carboxylic acids is 1. The first-order valence-electron chi connectivity index (χ1n) is 11.0. The summed E-state index contributed by atoms with van der Waals surface area (Å²) in [7, 11) is 0. The third-order valence-electron chi connectivity index (χ3n) is 5.95. The normalized spacial score (nSPS) is 11.0. The standard InChI is InChI=1S/C26H29N5O/c1-6-30(7-2)21-10-12-22(13-11-21)31-28-24-15-19(5)23(16-25(24)29-31)27-26(32)20-9-8-17(3)18(4)14-20/h8-16H,6-7H2,1-5H3,(H,27,32). The van der Waals surface area contributed by atoms with Crippen LogP contribution in [0, 0.1) is 20.8 Å². The lowest BCUT2D eigenvalue weighted by Crippen LogP contribution is -2.21. The van der Waals surface area contributed by atoms with Gasteiger partial charge in [0.25, 0.3) is 5.91 Å². The van der Waals surface area contributed by atoms with Gasteiger partial charge in [0.05, 0.1) is 5.69 Å². The van der Waals surface area contributed by atoms with E-state index in [0.29, 0.717) is 5.56 Å². The average molecular weight is 428 g/mol. The molecule has 0 saturated heterocycles. The van der Waals surface area contributed by atoms with Crippen molar-refractivity contribution in [1.82, 2.24) is 15.0 Å². The van der Waals surface area contributed by atoms with E-state index in [0.717, 1.165) is 46.6 Å². The Morgan fingerprint density at radius 3 is 2.12 bits per heavy atom. The zero-order valence-electron chi connectivity index (χ0n) is 19.3. The number of hydrogen-bond donors (Lipinski definition) is 1. The Labute approximate surface area is 188 Å². The molecule has 0 saturated carbocycles. The highest BCUT2D eigenvalue weighted by molar-refractivity contribution is 6.05. The summed E-state index contributed by atoms with van der Waals surface area (Å²) in [4.78, 5) is 16.7. The van der Waals surface area contributed by atoms with E-state index in [4.69, 9.17) is 0 Å². The maximum Gasteiger partial charge on any atom is 0.255 e. The number of benzene rings is 3. The lowest BCUT2D eigenvalue weighted by Gasteiger charge is -2.20. The van der Waals surface area contributed by atoms with Crippen LogP contribution in [0.1, 0.15) is 40.9 Å². The van der Waals surface area contributed by atoms with E-state index < -0.39 is 0 Å². The van der Waals surface area contributed by atoms with Gasteiger partial charge < -0.3 is 10.2 Å². The molecule has 0 aliphatic rings. The van der Waals surface area contributed by atoms with E-state index in [1.54, 1.807) is 4.80 Å². The van der Waals surface area contributed by atoms with Crippen LogP contribution in [0.25, 0.3) is 16.7 Å². The minimum Gasteiger partial charge on any atom is -0.372 e. The number of aromatic nitrogens is 3. The summed E-state index contributed by atoms with van der Waals surface area (Å²) in [6.07, 6.45) is 0. The maximum atomic E-state index is 12.8. The number of anilines is 2. The fourth-order valence-corrected chi connectivity index (χ4v) is 3.78. The molecule has 3 aromatic carbocycles. The number of nitrogens with zero attached hydrogens (tertiary/aromatic N) is 4. The molecule has 6 heteroatoms. The fourth-order valence-electron chi connectivity index (χ4n) is 3.78. The third-order valence-corrected chi connectivity index (χ3v) is 5.95. The predicted octanol–water partition coefficient (Wildman–Crippen LogP) is 5.44. The van der Waals surface area contributed by atoms with Crippen molar-refractivity contribution in [1.29, 1.82) is 0 Å². The summed E-state index contributed by atoms with van der Waals surface area (Å²) in [6, 6.07) is 17.8. The number of hydrogen-bond acceptors (Lipinski definition) is 4. The van der Waals surface area contributed by atoms with Crippen LogP contribution in [0.2, 0.25) is 0 Å². The second kappa shape index (κ2) is 8.83. The van der Waals surface area contributed by atoms with E-state index in [-0.39, 0.29) is 5.91 Å². The number of nitrogens with one attached hydrogen (secondary N) is 1. The van der Waals surface area contributed by atoms with Crippen LogP contribution in [-0.2, 0) is 0 Å². The number of amides is 1. The highest BCUT2D eigenvalue weighted by atomic mass is 16.1. The minimum absolute atomic E-state index is 0.130. The lowest BCUT2D eigenvalue weighted by molar-refractivity contribution is 0.102. The largest absolute Gasteiger partial charge is 0.372 e. The Bertz CT molecular complexity index is 1270. The molecule has 1 aromatic heterocycles. The van der Waals surface area contributed by atoms with Crippen LogP contribution in [0.3, 0.4) is 0 Å². The minimum atomic E-state index is -0.130. The van der Waals surface area contributed by atoms with Crippen molar-refractivity contribution in [3.63, 3.8) is 0 Å². The van der Waals surface area contributed by atoms with Crippen LogP contribution >= 0.6 is 0 Å². The quantitative estimate of drug-likeness (QED) is 0.445. The Morgan fingerprint density at radius 1 is 0.844 bits per heavy atom. The first-order chi connectivity index (χ1) is 15.4. The zero-order chi connectivity index (χ0) is 22.8. The molecule has 0 bridgehead atoms. The smallest absolute Gasteiger partial charge is 0.255 e.